The van der Waals surface area contributed by atoms with Crippen molar-refractivity contribution < 1.29 is 5.11 Å². The molecule has 0 unspecified atom stereocenters. The fourth-order valence-electron chi connectivity index (χ4n) is 0.798. The van der Waals surface area contributed by atoms with Crippen LogP contribution in [-0.4, -0.2) is 17.0 Å². The highest BCUT2D eigenvalue weighted by Gasteiger charge is 2.03. The van der Waals surface area contributed by atoms with Crippen molar-refractivity contribution in [1.29, 1.82) is 0 Å². The molecule has 0 amide bonds. The van der Waals surface area contributed by atoms with Gasteiger partial charge in [-0.3, -0.25) is 0 Å². The van der Waals surface area contributed by atoms with Gasteiger partial charge in [0.25, 0.3) is 0 Å². The summed E-state index contributed by atoms with van der Waals surface area (Å²) in [5.41, 5.74) is 0. The Kier molecular flexibility index (Phi) is 4.39. The molecule has 1 nitrogen and oxygen atoms in total. The third kappa shape index (κ3) is 3.77. The van der Waals surface area contributed by atoms with Gasteiger partial charge >= 0.3 is 0 Å². The van der Waals surface area contributed by atoms with E-state index in [2.05, 4.69) is 0 Å². The predicted molar refractivity (Wildman–Crippen MR) is 58.9 cm³/mol. The molecule has 0 aliphatic carbocycles. The van der Waals surface area contributed by atoms with Crippen molar-refractivity contribution >= 4 is 35.0 Å². The summed E-state index contributed by atoms with van der Waals surface area (Å²) in [4.78, 5) is 0.912. The monoisotopic (exact) mass is 236 g/mol. The summed E-state index contributed by atoms with van der Waals surface area (Å²) < 4.78 is 0. The van der Waals surface area contributed by atoms with Crippen LogP contribution in [0.3, 0.4) is 0 Å². The molecule has 0 spiro atoms. The van der Waals surface area contributed by atoms with Crippen LogP contribution >= 0.6 is 35.0 Å². The lowest BCUT2D eigenvalue weighted by molar-refractivity contribution is 0.220. The lowest BCUT2D eigenvalue weighted by atomic mass is 10.4. The highest BCUT2D eigenvalue weighted by atomic mass is 35.5. The average Bonchev–Trinajstić information content (AvgIpc) is 2.06. The second-order valence-electron chi connectivity index (χ2n) is 2.73. The molecule has 0 saturated carbocycles. The van der Waals surface area contributed by atoms with Gasteiger partial charge in [0.2, 0.25) is 0 Å². The van der Waals surface area contributed by atoms with Crippen LogP contribution in [0.2, 0.25) is 10.0 Å². The van der Waals surface area contributed by atoms with Gasteiger partial charge in [-0.25, -0.2) is 0 Å². The van der Waals surface area contributed by atoms with Crippen LogP contribution in [0.15, 0.2) is 23.1 Å². The SMILES string of the molecule is C[C@H](O)CSc1cc(Cl)ccc1Cl. The smallest absolute Gasteiger partial charge is 0.0606 e. The molecule has 0 aliphatic heterocycles. The van der Waals surface area contributed by atoms with E-state index >= 15 is 0 Å². The molecule has 1 aromatic rings. The van der Waals surface area contributed by atoms with Gasteiger partial charge in [-0.2, -0.15) is 0 Å². The van der Waals surface area contributed by atoms with E-state index in [0.717, 1.165) is 4.90 Å². The zero-order valence-corrected chi connectivity index (χ0v) is 9.46. The summed E-state index contributed by atoms with van der Waals surface area (Å²) >= 11 is 13.2. The van der Waals surface area contributed by atoms with Gasteiger partial charge in [0.1, 0.15) is 0 Å². The van der Waals surface area contributed by atoms with Gasteiger partial charge in [-0.1, -0.05) is 23.2 Å². The molecule has 0 aliphatic rings. The number of thioether (sulfide) groups is 1. The Bertz CT molecular complexity index is 289. The Morgan fingerprint density at radius 3 is 2.77 bits per heavy atom. The summed E-state index contributed by atoms with van der Waals surface area (Å²) in [5.74, 6) is 0.625. The fraction of sp³-hybridized carbons (Fsp3) is 0.333. The summed E-state index contributed by atoms with van der Waals surface area (Å²) in [6.45, 7) is 1.74. The van der Waals surface area contributed by atoms with Crippen LogP contribution < -0.4 is 0 Å². The van der Waals surface area contributed by atoms with Crippen molar-refractivity contribution in [2.75, 3.05) is 5.75 Å². The van der Waals surface area contributed by atoms with E-state index in [4.69, 9.17) is 28.3 Å². The van der Waals surface area contributed by atoms with Crippen LogP contribution in [0.1, 0.15) is 6.92 Å². The highest BCUT2D eigenvalue weighted by Crippen LogP contribution is 2.30. The summed E-state index contributed by atoms with van der Waals surface area (Å²) in [6, 6.07) is 5.31. The number of aliphatic hydroxyl groups is 1. The number of hydrogen-bond donors (Lipinski definition) is 1. The topological polar surface area (TPSA) is 20.2 Å². The number of hydrogen-bond acceptors (Lipinski definition) is 2. The maximum absolute atomic E-state index is 9.08. The lowest BCUT2D eigenvalue weighted by Gasteiger charge is -2.05. The van der Waals surface area contributed by atoms with E-state index < -0.39 is 0 Å². The molecule has 72 valence electrons. The van der Waals surface area contributed by atoms with E-state index in [0.29, 0.717) is 15.8 Å². The Balaban J connectivity index is 2.70. The molecule has 0 heterocycles. The highest BCUT2D eigenvalue weighted by molar-refractivity contribution is 7.99. The predicted octanol–water partition coefficient (Wildman–Crippen LogP) is 3.47. The van der Waals surface area contributed by atoms with Gasteiger partial charge < -0.3 is 5.11 Å². The van der Waals surface area contributed by atoms with Crippen molar-refractivity contribution in [2.24, 2.45) is 0 Å². The van der Waals surface area contributed by atoms with Gasteiger partial charge in [-0.15, -0.1) is 11.8 Å². The zero-order valence-electron chi connectivity index (χ0n) is 7.13. The van der Waals surface area contributed by atoms with Gasteiger partial charge in [0.15, 0.2) is 0 Å². The van der Waals surface area contributed by atoms with Crippen LogP contribution in [0.4, 0.5) is 0 Å². The Labute approximate surface area is 92.1 Å². The first-order valence-corrected chi connectivity index (χ1v) is 5.59. The molecule has 1 atom stereocenters. The molecule has 1 N–H and O–H groups in total. The molecule has 0 aromatic heterocycles. The molecule has 1 rings (SSSR count). The van der Waals surface area contributed by atoms with Crippen molar-refractivity contribution in [3.63, 3.8) is 0 Å². The second kappa shape index (κ2) is 5.11. The first kappa shape index (κ1) is 11.2. The lowest BCUT2D eigenvalue weighted by Crippen LogP contribution is -2.02. The molecule has 0 fully saturated rings. The first-order valence-electron chi connectivity index (χ1n) is 3.85. The molecule has 0 saturated heterocycles. The number of aliphatic hydroxyl groups excluding tert-OH is 1. The van der Waals surface area contributed by atoms with Crippen molar-refractivity contribution in [3.8, 4) is 0 Å². The summed E-state index contributed by atoms with van der Waals surface area (Å²) in [7, 11) is 0. The van der Waals surface area contributed by atoms with Crippen LogP contribution in [0.5, 0.6) is 0 Å². The molecular weight excluding hydrogens is 227 g/mol. The third-order valence-electron chi connectivity index (χ3n) is 1.37. The van der Waals surface area contributed by atoms with E-state index in [-0.39, 0.29) is 6.10 Å². The number of halogens is 2. The van der Waals surface area contributed by atoms with Crippen molar-refractivity contribution in [3.05, 3.63) is 28.2 Å². The number of benzene rings is 1. The van der Waals surface area contributed by atoms with E-state index in [1.54, 1.807) is 25.1 Å². The van der Waals surface area contributed by atoms with Gasteiger partial charge in [0, 0.05) is 15.7 Å². The normalized spacial score (nSPS) is 12.9. The van der Waals surface area contributed by atoms with Crippen molar-refractivity contribution in [1.82, 2.24) is 0 Å². The van der Waals surface area contributed by atoms with Crippen molar-refractivity contribution in [2.45, 2.75) is 17.9 Å². The molecule has 0 radical (unpaired) electrons. The molecule has 13 heavy (non-hydrogen) atoms. The van der Waals surface area contributed by atoms with Gasteiger partial charge in [0.05, 0.1) is 11.1 Å². The number of rotatable bonds is 3. The third-order valence-corrected chi connectivity index (χ3v) is 3.35. The largest absolute Gasteiger partial charge is 0.393 e. The summed E-state index contributed by atoms with van der Waals surface area (Å²) in [5, 5.41) is 10.4. The quantitative estimate of drug-likeness (QED) is 0.812. The Hall–Kier alpha value is 0.110. The van der Waals surface area contributed by atoms with E-state index in [1.807, 2.05) is 0 Å². The Morgan fingerprint density at radius 1 is 1.46 bits per heavy atom. The minimum Gasteiger partial charge on any atom is -0.393 e. The van der Waals surface area contributed by atoms with Crippen LogP contribution in [-0.2, 0) is 0 Å². The fourth-order valence-corrected chi connectivity index (χ4v) is 2.15. The molecule has 1 aromatic carbocycles. The van der Waals surface area contributed by atoms with E-state index in [1.165, 1.54) is 11.8 Å². The Morgan fingerprint density at radius 2 is 2.15 bits per heavy atom. The summed E-state index contributed by atoms with van der Waals surface area (Å²) in [6.07, 6.45) is -0.333. The standard InChI is InChI=1S/C9H10Cl2OS/c1-6(12)5-13-9-4-7(10)2-3-8(9)11/h2-4,6,12H,5H2,1H3/t6-/m0/s1. The van der Waals surface area contributed by atoms with E-state index in [9.17, 15) is 0 Å². The van der Waals surface area contributed by atoms with Crippen LogP contribution in [0.25, 0.3) is 0 Å². The van der Waals surface area contributed by atoms with Crippen LogP contribution in [0, 0.1) is 0 Å². The minimum atomic E-state index is -0.333. The molecular formula is C9H10Cl2OS. The first-order chi connectivity index (χ1) is 6.09. The van der Waals surface area contributed by atoms with Gasteiger partial charge in [-0.05, 0) is 25.1 Å². The minimum absolute atomic E-state index is 0.333. The second-order valence-corrected chi connectivity index (χ2v) is 4.64. The maximum atomic E-state index is 9.08. The average molecular weight is 237 g/mol. The maximum Gasteiger partial charge on any atom is 0.0606 e. The molecule has 4 heteroatoms. The zero-order chi connectivity index (χ0) is 9.84. The molecule has 0 bridgehead atoms.